The topological polar surface area (TPSA) is 76.4 Å². The number of nitrogens with one attached hydrogen (secondary N) is 2. The smallest absolute Gasteiger partial charge is 0.191 e. The molecule has 0 amide bonds. The van der Waals surface area contributed by atoms with Crippen LogP contribution in [0.5, 0.6) is 5.75 Å². The zero-order valence-electron chi connectivity index (χ0n) is 17.6. The predicted molar refractivity (Wildman–Crippen MR) is 131 cm³/mol. The van der Waals surface area contributed by atoms with E-state index in [1.54, 1.807) is 12.4 Å². The molecule has 0 spiro atoms. The maximum absolute atomic E-state index is 5.67. The first-order valence-corrected chi connectivity index (χ1v) is 9.84. The van der Waals surface area contributed by atoms with E-state index >= 15 is 0 Å². The summed E-state index contributed by atoms with van der Waals surface area (Å²) in [6, 6.07) is 14.0. The van der Waals surface area contributed by atoms with Crippen LogP contribution in [0.4, 0.5) is 0 Å². The first-order valence-electron chi connectivity index (χ1n) is 9.84. The van der Waals surface area contributed by atoms with E-state index in [-0.39, 0.29) is 24.0 Å². The summed E-state index contributed by atoms with van der Waals surface area (Å²) in [5.74, 6) is 1.51. The fourth-order valence-electron chi connectivity index (χ4n) is 3.00. The second-order valence-electron chi connectivity index (χ2n) is 6.63. The number of aryl methyl sites for hydroxylation is 2. The lowest BCUT2D eigenvalue weighted by Gasteiger charge is -2.13. The zero-order valence-corrected chi connectivity index (χ0v) is 20.0. The maximum Gasteiger partial charge on any atom is 0.191 e. The van der Waals surface area contributed by atoms with Crippen LogP contribution in [0.2, 0.25) is 0 Å². The minimum atomic E-state index is 0. The van der Waals surface area contributed by atoms with Crippen molar-refractivity contribution in [3.05, 3.63) is 71.8 Å². The van der Waals surface area contributed by atoms with Gasteiger partial charge in [-0.25, -0.2) is 9.67 Å². The van der Waals surface area contributed by atoms with Crippen LogP contribution in [0.15, 0.2) is 59.9 Å². The Hall–Kier alpha value is -2.62. The molecule has 0 aliphatic heterocycles. The number of ether oxygens (including phenoxy) is 1. The first kappa shape index (κ1) is 23.7. The van der Waals surface area contributed by atoms with Crippen molar-refractivity contribution in [1.29, 1.82) is 0 Å². The molecule has 7 nitrogen and oxygen atoms in total. The quantitative estimate of drug-likeness (QED) is 0.205. The second-order valence-corrected chi connectivity index (χ2v) is 6.63. The molecule has 1 aromatic carbocycles. The molecule has 2 N–H and O–H groups in total. The van der Waals surface area contributed by atoms with Gasteiger partial charge in [0.05, 0.1) is 30.7 Å². The van der Waals surface area contributed by atoms with Gasteiger partial charge in [-0.2, -0.15) is 5.10 Å². The van der Waals surface area contributed by atoms with Crippen molar-refractivity contribution in [2.24, 2.45) is 4.99 Å². The van der Waals surface area contributed by atoms with Gasteiger partial charge in [-0.3, -0.25) is 4.98 Å². The minimum absolute atomic E-state index is 0. The van der Waals surface area contributed by atoms with Gasteiger partial charge in [0.15, 0.2) is 5.96 Å². The number of hydrogen-bond donors (Lipinski definition) is 2. The highest BCUT2D eigenvalue weighted by atomic mass is 127. The number of benzene rings is 1. The summed E-state index contributed by atoms with van der Waals surface area (Å²) in [5, 5.41) is 11.2. The summed E-state index contributed by atoms with van der Waals surface area (Å²) in [7, 11) is 0. The van der Waals surface area contributed by atoms with Crippen molar-refractivity contribution >= 4 is 29.9 Å². The summed E-state index contributed by atoms with van der Waals surface area (Å²) in [4.78, 5) is 8.78. The SMILES string of the molecule is CCNC(=NCc1ccccc1-n1nc(C)cc1C)NCCOc1cccnc1.I. The van der Waals surface area contributed by atoms with Gasteiger partial charge in [0.2, 0.25) is 0 Å². The average molecular weight is 520 g/mol. The Morgan fingerprint density at radius 1 is 1.13 bits per heavy atom. The third kappa shape index (κ3) is 6.72. The van der Waals surface area contributed by atoms with Crippen molar-refractivity contribution in [1.82, 2.24) is 25.4 Å². The fourth-order valence-corrected chi connectivity index (χ4v) is 3.00. The summed E-state index contributed by atoms with van der Waals surface area (Å²) in [6.07, 6.45) is 3.43. The average Bonchev–Trinajstić information content (AvgIpc) is 3.08. The van der Waals surface area contributed by atoms with E-state index < -0.39 is 0 Å². The largest absolute Gasteiger partial charge is 0.490 e. The fraction of sp³-hybridized carbons (Fsp3) is 0.318. The lowest BCUT2D eigenvalue weighted by molar-refractivity contribution is 0.320. The van der Waals surface area contributed by atoms with E-state index in [2.05, 4.69) is 45.8 Å². The van der Waals surface area contributed by atoms with Crippen LogP contribution in [0, 0.1) is 13.8 Å². The van der Waals surface area contributed by atoms with Gasteiger partial charge in [-0.1, -0.05) is 18.2 Å². The number of hydrogen-bond acceptors (Lipinski definition) is 4. The Balaban J connectivity index is 0.00000320. The van der Waals surface area contributed by atoms with Gasteiger partial charge in [-0.15, -0.1) is 24.0 Å². The number of pyridine rings is 1. The standard InChI is InChI=1S/C22H28N6O.HI/c1-4-24-22(25-12-13-29-20-9-7-11-23-16-20)26-15-19-8-5-6-10-21(19)28-18(3)14-17(2)27-28;/h5-11,14,16H,4,12-13,15H2,1-3H3,(H2,24,25,26);1H. The molecule has 0 aliphatic carbocycles. The summed E-state index contributed by atoms with van der Waals surface area (Å²) < 4.78 is 7.64. The van der Waals surface area contributed by atoms with E-state index in [0.29, 0.717) is 19.7 Å². The monoisotopic (exact) mass is 520 g/mol. The highest BCUT2D eigenvalue weighted by Crippen LogP contribution is 2.17. The van der Waals surface area contributed by atoms with E-state index in [0.717, 1.165) is 40.9 Å². The van der Waals surface area contributed by atoms with Crippen molar-refractivity contribution in [2.45, 2.75) is 27.3 Å². The number of aliphatic imine (C=N–C) groups is 1. The van der Waals surface area contributed by atoms with Crippen LogP contribution in [0.25, 0.3) is 5.69 Å². The molecule has 0 saturated carbocycles. The molecular formula is C22H29IN6O. The van der Waals surface area contributed by atoms with Crippen LogP contribution in [0.3, 0.4) is 0 Å². The number of rotatable bonds is 8. The van der Waals surface area contributed by atoms with E-state index in [4.69, 9.17) is 9.73 Å². The van der Waals surface area contributed by atoms with Crippen molar-refractivity contribution in [2.75, 3.05) is 19.7 Å². The molecule has 3 rings (SSSR count). The number of halogens is 1. The second kappa shape index (κ2) is 12.2. The van der Waals surface area contributed by atoms with Crippen LogP contribution in [0.1, 0.15) is 23.9 Å². The highest BCUT2D eigenvalue weighted by Gasteiger charge is 2.08. The Morgan fingerprint density at radius 3 is 2.67 bits per heavy atom. The molecule has 2 heterocycles. The van der Waals surface area contributed by atoms with E-state index in [9.17, 15) is 0 Å². The molecule has 0 atom stereocenters. The van der Waals surface area contributed by atoms with Gasteiger partial charge in [0.1, 0.15) is 12.4 Å². The molecule has 0 bridgehead atoms. The Morgan fingerprint density at radius 2 is 1.97 bits per heavy atom. The van der Waals surface area contributed by atoms with Crippen LogP contribution in [-0.4, -0.2) is 40.4 Å². The summed E-state index contributed by atoms with van der Waals surface area (Å²) in [5.41, 5.74) is 4.28. The van der Waals surface area contributed by atoms with Crippen LogP contribution < -0.4 is 15.4 Å². The van der Waals surface area contributed by atoms with Crippen molar-refractivity contribution < 1.29 is 4.74 Å². The minimum Gasteiger partial charge on any atom is -0.490 e. The summed E-state index contributed by atoms with van der Waals surface area (Å²) >= 11 is 0. The van der Waals surface area contributed by atoms with Crippen LogP contribution >= 0.6 is 24.0 Å². The highest BCUT2D eigenvalue weighted by molar-refractivity contribution is 14.0. The van der Waals surface area contributed by atoms with E-state index in [1.807, 2.05) is 42.8 Å². The lowest BCUT2D eigenvalue weighted by Crippen LogP contribution is -2.39. The molecule has 0 fully saturated rings. The van der Waals surface area contributed by atoms with E-state index in [1.165, 1.54) is 0 Å². The molecule has 160 valence electrons. The molecule has 3 aromatic rings. The predicted octanol–water partition coefficient (Wildman–Crippen LogP) is 3.64. The lowest BCUT2D eigenvalue weighted by atomic mass is 10.2. The Labute approximate surface area is 195 Å². The van der Waals surface area contributed by atoms with Gasteiger partial charge in [-0.05, 0) is 50.6 Å². The summed E-state index contributed by atoms with van der Waals surface area (Å²) in [6.45, 7) is 8.62. The molecule has 0 unspecified atom stereocenters. The maximum atomic E-state index is 5.67. The third-order valence-corrected chi connectivity index (χ3v) is 4.28. The molecule has 0 radical (unpaired) electrons. The Bertz CT molecular complexity index is 942. The first-order chi connectivity index (χ1) is 14.2. The van der Waals surface area contributed by atoms with Gasteiger partial charge in [0, 0.05) is 18.4 Å². The molecule has 0 saturated heterocycles. The van der Waals surface area contributed by atoms with Gasteiger partial charge in [0.25, 0.3) is 0 Å². The molecule has 0 aliphatic rings. The normalized spacial score (nSPS) is 11.0. The number of nitrogens with zero attached hydrogens (tertiary/aromatic N) is 4. The zero-order chi connectivity index (χ0) is 20.5. The number of aromatic nitrogens is 3. The van der Waals surface area contributed by atoms with Crippen molar-refractivity contribution in [3.8, 4) is 11.4 Å². The number of para-hydroxylation sites is 1. The van der Waals surface area contributed by atoms with Crippen LogP contribution in [-0.2, 0) is 6.54 Å². The number of guanidine groups is 1. The third-order valence-electron chi connectivity index (χ3n) is 4.28. The molecule has 8 heteroatoms. The van der Waals surface area contributed by atoms with Gasteiger partial charge >= 0.3 is 0 Å². The molecular weight excluding hydrogens is 491 g/mol. The Kier molecular flexibility index (Phi) is 9.59. The van der Waals surface area contributed by atoms with Crippen molar-refractivity contribution in [3.63, 3.8) is 0 Å². The molecule has 30 heavy (non-hydrogen) atoms. The van der Waals surface area contributed by atoms with Gasteiger partial charge < -0.3 is 15.4 Å². The molecule has 2 aromatic heterocycles.